The predicted molar refractivity (Wildman–Crippen MR) is 85.2 cm³/mol. The Labute approximate surface area is 138 Å². The molecule has 0 saturated carbocycles. The van der Waals surface area contributed by atoms with Gasteiger partial charge >= 0.3 is 0 Å². The Hall–Kier alpha value is -2.48. The van der Waals surface area contributed by atoms with Crippen LogP contribution in [0, 0.1) is 19.8 Å². The van der Waals surface area contributed by atoms with Crippen molar-refractivity contribution in [2.75, 3.05) is 19.7 Å². The predicted octanol–water partition coefficient (Wildman–Crippen LogP) is 0.433. The molecule has 4 heterocycles. The van der Waals surface area contributed by atoms with Crippen LogP contribution in [0.25, 0.3) is 5.95 Å². The third-order valence-corrected chi connectivity index (χ3v) is 4.61. The van der Waals surface area contributed by atoms with Crippen LogP contribution < -0.4 is 5.56 Å². The maximum absolute atomic E-state index is 12.7. The van der Waals surface area contributed by atoms with E-state index in [1.54, 1.807) is 4.90 Å². The highest BCUT2D eigenvalue weighted by Crippen LogP contribution is 2.29. The third-order valence-electron chi connectivity index (χ3n) is 4.61. The quantitative estimate of drug-likeness (QED) is 0.862. The van der Waals surface area contributed by atoms with Crippen LogP contribution in [0.2, 0.25) is 0 Å². The Morgan fingerprint density at radius 3 is 2.71 bits per heavy atom. The molecule has 2 aromatic rings. The summed E-state index contributed by atoms with van der Waals surface area (Å²) in [6, 6.07) is 3.13. The van der Waals surface area contributed by atoms with Gasteiger partial charge in [-0.1, -0.05) is 0 Å². The van der Waals surface area contributed by atoms with Crippen LogP contribution in [0.15, 0.2) is 16.9 Å². The molecule has 126 valence electrons. The first-order valence-electron chi connectivity index (χ1n) is 8.07. The molecule has 2 aliphatic heterocycles. The van der Waals surface area contributed by atoms with Gasteiger partial charge in [0.1, 0.15) is 5.69 Å². The topological polar surface area (TPSA) is 93.1 Å². The molecule has 2 aliphatic rings. The molecule has 2 atom stereocenters. The molecular weight excluding hydrogens is 310 g/mol. The molecule has 0 spiro atoms. The zero-order valence-electron chi connectivity index (χ0n) is 13.7. The minimum atomic E-state index is -0.348. The average molecular weight is 329 g/mol. The molecular formula is C16H19N5O3. The number of H-pyrrole nitrogens is 1. The number of ether oxygens (including phenoxy) is 1. The minimum absolute atomic E-state index is 0.130. The van der Waals surface area contributed by atoms with E-state index in [9.17, 15) is 9.59 Å². The summed E-state index contributed by atoms with van der Waals surface area (Å²) in [7, 11) is 0. The van der Waals surface area contributed by atoms with Crippen molar-refractivity contribution >= 4 is 5.91 Å². The number of hydrogen-bond acceptors (Lipinski definition) is 5. The lowest BCUT2D eigenvalue weighted by atomic mass is 10.1. The first-order chi connectivity index (χ1) is 11.5. The molecule has 2 aromatic heterocycles. The standard InChI is InChI=1S/C16H19N5O3/c1-9-5-10(2)18-16(17-9)21-14(22)6-12(19-21)15(23)20-7-11-3-4-24-13(11)8-20/h5-6,11,13,19H,3-4,7-8H2,1-2H3/t11-,13+/m0/s1. The van der Waals surface area contributed by atoms with Crippen LogP contribution in [0.3, 0.4) is 0 Å². The monoisotopic (exact) mass is 329 g/mol. The van der Waals surface area contributed by atoms with Crippen molar-refractivity contribution in [1.29, 1.82) is 0 Å². The number of rotatable bonds is 2. The molecule has 0 radical (unpaired) electrons. The summed E-state index contributed by atoms with van der Waals surface area (Å²) in [6.07, 6.45) is 1.12. The molecule has 0 bridgehead atoms. The van der Waals surface area contributed by atoms with Gasteiger partial charge in [-0.15, -0.1) is 0 Å². The van der Waals surface area contributed by atoms with Gasteiger partial charge in [0.25, 0.3) is 17.4 Å². The minimum Gasteiger partial charge on any atom is -0.376 e. The van der Waals surface area contributed by atoms with Crippen LogP contribution in [0.1, 0.15) is 28.3 Å². The van der Waals surface area contributed by atoms with E-state index in [2.05, 4.69) is 15.1 Å². The second-order valence-corrected chi connectivity index (χ2v) is 6.46. The Morgan fingerprint density at radius 2 is 2.00 bits per heavy atom. The smallest absolute Gasteiger partial charge is 0.274 e. The molecule has 0 unspecified atom stereocenters. The van der Waals surface area contributed by atoms with Crippen molar-refractivity contribution in [2.45, 2.75) is 26.4 Å². The zero-order chi connectivity index (χ0) is 16.8. The van der Waals surface area contributed by atoms with E-state index in [0.29, 0.717) is 19.0 Å². The number of aromatic amines is 1. The Bertz CT molecular complexity index is 823. The van der Waals surface area contributed by atoms with Gasteiger partial charge in [-0.3, -0.25) is 14.7 Å². The Kier molecular flexibility index (Phi) is 3.49. The molecule has 0 aliphatic carbocycles. The lowest BCUT2D eigenvalue weighted by molar-refractivity contribution is 0.0691. The normalized spacial score (nSPS) is 22.8. The summed E-state index contributed by atoms with van der Waals surface area (Å²) in [5.41, 5.74) is 1.43. The fourth-order valence-corrected chi connectivity index (χ4v) is 3.48. The lowest BCUT2D eigenvalue weighted by Crippen LogP contribution is -2.31. The second-order valence-electron chi connectivity index (χ2n) is 6.46. The van der Waals surface area contributed by atoms with Gasteiger partial charge in [0.2, 0.25) is 0 Å². The first kappa shape index (κ1) is 15.1. The summed E-state index contributed by atoms with van der Waals surface area (Å²) in [6.45, 7) is 5.70. The Morgan fingerprint density at radius 1 is 1.25 bits per heavy atom. The highest BCUT2D eigenvalue weighted by atomic mass is 16.5. The summed E-state index contributed by atoms with van der Waals surface area (Å²) < 4.78 is 6.84. The highest BCUT2D eigenvalue weighted by Gasteiger charge is 2.39. The summed E-state index contributed by atoms with van der Waals surface area (Å²) in [5.74, 6) is 0.469. The Balaban J connectivity index is 1.61. The van der Waals surface area contributed by atoms with Crippen LogP contribution in [0.5, 0.6) is 0 Å². The van der Waals surface area contributed by atoms with Crippen LogP contribution in [0.4, 0.5) is 0 Å². The molecule has 2 fully saturated rings. The van der Waals surface area contributed by atoms with Crippen LogP contribution in [-0.2, 0) is 4.74 Å². The van der Waals surface area contributed by atoms with Gasteiger partial charge in [0.05, 0.1) is 6.10 Å². The van der Waals surface area contributed by atoms with E-state index in [4.69, 9.17) is 4.74 Å². The first-order valence-corrected chi connectivity index (χ1v) is 8.07. The number of hydrogen-bond donors (Lipinski definition) is 1. The van der Waals surface area contributed by atoms with Gasteiger partial charge in [0.15, 0.2) is 0 Å². The number of amides is 1. The van der Waals surface area contributed by atoms with Crippen molar-refractivity contribution in [3.8, 4) is 5.95 Å². The maximum Gasteiger partial charge on any atom is 0.274 e. The van der Waals surface area contributed by atoms with Crippen molar-refractivity contribution in [3.63, 3.8) is 0 Å². The van der Waals surface area contributed by atoms with Gasteiger partial charge in [-0.25, -0.2) is 9.97 Å². The second kappa shape index (κ2) is 5.55. The third kappa shape index (κ3) is 2.52. The molecule has 0 aromatic carbocycles. The molecule has 4 rings (SSSR count). The molecule has 8 nitrogen and oxygen atoms in total. The van der Waals surface area contributed by atoms with E-state index in [1.165, 1.54) is 10.7 Å². The van der Waals surface area contributed by atoms with Crippen LogP contribution >= 0.6 is 0 Å². The summed E-state index contributed by atoms with van der Waals surface area (Å²) in [4.78, 5) is 35.1. The lowest BCUT2D eigenvalue weighted by Gasteiger charge is -2.15. The van der Waals surface area contributed by atoms with E-state index in [1.807, 2.05) is 19.9 Å². The summed E-state index contributed by atoms with van der Waals surface area (Å²) >= 11 is 0. The number of aromatic nitrogens is 4. The van der Waals surface area contributed by atoms with Crippen LogP contribution in [-0.4, -0.2) is 56.4 Å². The number of likely N-dealkylation sites (tertiary alicyclic amines) is 1. The van der Waals surface area contributed by atoms with Crippen molar-refractivity contribution in [3.05, 3.63) is 39.6 Å². The number of carbonyl (C=O) groups excluding carboxylic acids is 1. The van der Waals surface area contributed by atoms with Crippen molar-refractivity contribution in [1.82, 2.24) is 24.6 Å². The molecule has 2 saturated heterocycles. The largest absolute Gasteiger partial charge is 0.376 e. The molecule has 1 N–H and O–H groups in total. The fraction of sp³-hybridized carbons (Fsp3) is 0.500. The van der Waals surface area contributed by atoms with Gasteiger partial charge < -0.3 is 9.64 Å². The van der Waals surface area contributed by atoms with Crippen molar-refractivity contribution < 1.29 is 9.53 Å². The fourth-order valence-electron chi connectivity index (χ4n) is 3.48. The number of nitrogens with zero attached hydrogens (tertiary/aromatic N) is 4. The zero-order valence-corrected chi connectivity index (χ0v) is 13.7. The number of fused-ring (bicyclic) bond motifs is 1. The van der Waals surface area contributed by atoms with Gasteiger partial charge in [-0.05, 0) is 26.3 Å². The number of nitrogens with one attached hydrogen (secondary N) is 1. The molecule has 24 heavy (non-hydrogen) atoms. The van der Waals surface area contributed by atoms with E-state index < -0.39 is 0 Å². The maximum atomic E-state index is 12.7. The summed E-state index contributed by atoms with van der Waals surface area (Å²) in [5, 5.41) is 2.84. The van der Waals surface area contributed by atoms with Gasteiger partial charge in [-0.2, -0.15) is 4.68 Å². The van der Waals surface area contributed by atoms with E-state index in [-0.39, 0.29) is 29.2 Å². The average Bonchev–Trinajstić information content (AvgIpc) is 3.19. The van der Waals surface area contributed by atoms with E-state index in [0.717, 1.165) is 24.4 Å². The molecule has 1 amide bonds. The molecule has 8 heteroatoms. The van der Waals surface area contributed by atoms with E-state index >= 15 is 0 Å². The van der Waals surface area contributed by atoms with Gasteiger partial charge in [0, 0.05) is 43.1 Å². The number of carbonyl (C=O) groups is 1. The van der Waals surface area contributed by atoms with Crippen molar-refractivity contribution in [2.24, 2.45) is 5.92 Å². The SMILES string of the molecule is Cc1cc(C)nc(-n2[nH]c(C(=O)N3C[C@@H]4CCO[C@@H]4C3)cc2=O)n1. The number of aryl methyl sites for hydroxylation is 2. The highest BCUT2D eigenvalue weighted by molar-refractivity contribution is 5.92.